The molecular formula is C18H20N2O. The summed E-state index contributed by atoms with van der Waals surface area (Å²) in [6.45, 7) is 2.89. The van der Waals surface area contributed by atoms with Crippen molar-refractivity contribution in [1.29, 1.82) is 0 Å². The number of benzene rings is 2. The standard InChI is InChI=1S/C18H20N2O/c1-13-7-9-14(10-8-13)20(2)18(21)16-11-12-19-17-6-4-3-5-15(16)17/h3-10,16,19H,11-12H2,1-2H3. The molecule has 1 N–H and O–H groups in total. The molecule has 0 spiro atoms. The Kier molecular flexibility index (Phi) is 3.65. The van der Waals surface area contributed by atoms with Gasteiger partial charge in [-0.2, -0.15) is 0 Å². The van der Waals surface area contributed by atoms with Crippen molar-refractivity contribution in [2.24, 2.45) is 0 Å². The molecule has 3 nitrogen and oxygen atoms in total. The zero-order chi connectivity index (χ0) is 14.8. The third-order valence-electron chi connectivity index (χ3n) is 4.13. The molecule has 2 aromatic carbocycles. The summed E-state index contributed by atoms with van der Waals surface area (Å²) < 4.78 is 0. The van der Waals surface area contributed by atoms with Gasteiger partial charge in [-0.05, 0) is 37.1 Å². The van der Waals surface area contributed by atoms with Gasteiger partial charge in [0.25, 0.3) is 0 Å². The maximum absolute atomic E-state index is 12.8. The van der Waals surface area contributed by atoms with E-state index in [1.54, 1.807) is 4.90 Å². The van der Waals surface area contributed by atoms with Crippen LogP contribution in [0.25, 0.3) is 0 Å². The maximum atomic E-state index is 12.8. The van der Waals surface area contributed by atoms with Crippen molar-refractivity contribution in [1.82, 2.24) is 0 Å². The lowest BCUT2D eigenvalue weighted by atomic mass is 9.90. The van der Waals surface area contributed by atoms with Crippen LogP contribution in [0.3, 0.4) is 0 Å². The van der Waals surface area contributed by atoms with Crippen molar-refractivity contribution in [2.75, 3.05) is 23.8 Å². The van der Waals surface area contributed by atoms with Gasteiger partial charge in [0.1, 0.15) is 0 Å². The number of anilines is 2. The Balaban J connectivity index is 1.87. The molecule has 108 valence electrons. The molecule has 3 heteroatoms. The number of likely N-dealkylation sites (N-methyl/N-ethyl adjacent to an activating group) is 1. The number of amides is 1. The summed E-state index contributed by atoms with van der Waals surface area (Å²) in [6.07, 6.45) is 0.839. The normalized spacial score (nSPS) is 16.8. The third kappa shape index (κ3) is 2.64. The van der Waals surface area contributed by atoms with Crippen LogP contribution in [0.5, 0.6) is 0 Å². The van der Waals surface area contributed by atoms with Gasteiger partial charge in [0.2, 0.25) is 5.91 Å². The van der Waals surface area contributed by atoms with Crippen LogP contribution in [0.1, 0.15) is 23.5 Å². The molecule has 0 bridgehead atoms. The van der Waals surface area contributed by atoms with Crippen LogP contribution >= 0.6 is 0 Å². The van der Waals surface area contributed by atoms with Crippen LogP contribution in [-0.2, 0) is 4.79 Å². The van der Waals surface area contributed by atoms with Gasteiger partial charge in [-0.15, -0.1) is 0 Å². The van der Waals surface area contributed by atoms with E-state index in [0.29, 0.717) is 0 Å². The van der Waals surface area contributed by atoms with Crippen LogP contribution in [0.2, 0.25) is 0 Å². The predicted molar refractivity (Wildman–Crippen MR) is 86.9 cm³/mol. The van der Waals surface area contributed by atoms with E-state index in [0.717, 1.165) is 29.9 Å². The van der Waals surface area contributed by atoms with Crippen molar-refractivity contribution < 1.29 is 4.79 Å². The fraction of sp³-hybridized carbons (Fsp3) is 0.278. The summed E-state index contributed by atoms with van der Waals surface area (Å²) in [5.74, 6) is 0.0987. The Morgan fingerprint density at radius 1 is 1.14 bits per heavy atom. The molecule has 3 rings (SSSR count). The fourth-order valence-electron chi connectivity index (χ4n) is 2.85. The number of hydrogen-bond acceptors (Lipinski definition) is 2. The Morgan fingerprint density at radius 2 is 1.86 bits per heavy atom. The van der Waals surface area contributed by atoms with Gasteiger partial charge >= 0.3 is 0 Å². The van der Waals surface area contributed by atoms with Crippen molar-refractivity contribution in [3.63, 3.8) is 0 Å². The lowest BCUT2D eigenvalue weighted by molar-refractivity contribution is -0.119. The summed E-state index contributed by atoms with van der Waals surface area (Å²) >= 11 is 0. The quantitative estimate of drug-likeness (QED) is 0.912. The van der Waals surface area contributed by atoms with Crippen LogP contribution in [0.4, 0.5) is 11.4 Å². The first-order valence-corrected chi connectivity index (χ1v) is 7.34. The number of carbonyl (C=O) groups excluding carboxylic acids is 1. The molecule has 21 heavy (non-hydrogen) atoms. The minimum absolute atomic E-state index is 0.0613. The average Bonchev–Trinajstić information content (AvgIpc) is 2.53. The monoisotopic (exact) mass is 280 g/mol. The van der Waals surface area contributed by atoms with E-state index in [1.807, 2.05) is 55.6 Å². The Bertz CT molecular complexity index is 649. The van der Waals surface area contributed by atoms with E-state index in [9.17, 15) is 4.79 Å². The van der Waals surface area contributed by atoms with Crippen molar-refractivity contribution in [3.05, 3.63) is 59.7 Å². The van der Waals surface area contributed by atoms with E-state index in [4.69, 9.17) is 0 Å². The smallest absolute Gasteiger partial charge is 0.234 e. The molecular weight excluding hydrogens is 260 g/mol. The predicted octanol–water partition coefficient (Wildman–Crippen LogP) is 3.56. The number of carbonyl (C=O) groups is 1. The molecule has 0 saturated carbocycles. The second kappa shape index (κ2) is 5.60. The van der Waals surface area contributed by atoms with Gasteiger partial charge in [-0.3, -0.25) is 4.79 Å². The lowest BCUT2D eigenvalue weighted by Gasteiger charge is -2.29. The number of nitrogens with zero attached hydrogens (tertiary/aromatic N) is 1. The molecule has 0 aromatic heterocycles. The average molecular weight is 280 g/mol. The summed E-state index contributed by atoms with van der Waals surface area (Å²) in [5, 5.41) is 3.36. The topological polar surface area (TPSA) is 32.3 Å². The van der Waals surface area contributed by atoms with Crippen LogP contribution < -0.4 is 10.2 Å². The number of nitrogens with one attached hydrogen (secondary N) is 1. The van der Waals surface area contributed by atoms with E-state index in [2.05, 4.69) is 12.2 Å². The van der Waals surface area contributed by atoms with Gasteiger partial charge < -0.3 is 10.2 Å². The van der Waals surface area contributed by atoms with Gasteiger partial charge in [-0.1, -0.05) is 35.9 Å². The van der Waals surface area contributed by atoms with E-state index in [-0.39, 0.29) is 11.8 Å². The molecule has 1 amide bonds. The minimum Gasteiger partial charge on any atom is -0.385 e. The molecule has 0 aliphatic carbocycles. The Hall–Kier alpha value is -2.29. The molecule has 2 aromatic rings. The van der Waals surface area contributed by atoms with Crippen molar-refractivity contribution in [3.8, 4) is 0 Å². The highest BCUT2D eigenvalue weighted by Crippen LogP contribution is 2.33. The number of hydrogen-bond donors (Lipinski definition) is 1. The fourth-order valence-corrected chi connectivity index (χ4v) is 2.85. The van der Waals surface area contributed by atoms with Crippen molar-refractivity contribution in [2.45, 2.75) is 19.3 Å². The first-order chi connectivity index (χ1) is 10.2. The second-order valence-electron chi connectivity index (χ2n) is 5.59. The van der Waals surface area contributed by atoms with E-state index >= 15 is 0 Å². The second-order valence-corrected chi connectivity index (χ2v) is 5.59. The SMILES string of the molecule is Cc1ccc(N(C)C(=O)C2CCNc3ccccc32)cc1. The zero-order valence-electron chi connectivity index (χ0n) is 12.5. The van der Waals surface area contributed by atoms with Crippen molar-refractivity contribution >= 4 is 17.3 Å². The summed E-state index contributed by atoms with van der Waals surface area (Å²) in [6, 6.07) is 16.2. The van der Waals surface area contributed by atoms with Crippen LogP contribution in [-0.4, -0.2) is 19.5 Å². The molecule has 0 radical (unpaired) electrons. The number of fused-ring (bicyclic) bond motifs is 1. The van der Waals surface area contributed by atoms with Gasteiger partial charge in [0.05, 0.1) is 5.92 Å². The number of rotatable bonds is 2. The molecule has 1 aliphatic rings. The highest BCUT2D eigenvalue weighted by molar-refractivity contribution is 5.98. The molecule has 1 heterocycles. The number of aryl methyl sites for hydroxylation is 1. The zero-order valence-corrected chi connectivity index (χ0v) is 12.5. The highest BCUT2D eigenvalue weighted by Gasteiger charge is 2.28. The lowest BCUT2D eigenvalue weighted by Crippen LogP contribution is -2.34. The van der Waals surface area contributed by atoms with E-state index < -0.39 is 0 Å². The summed E-state index contributed by atoms with van der Waals surface area (Å²) in [4.78, 5) is 14.6. The largest absolute Gasteiger partial charge is 0.385 e. The molecule has 1 aliphatic heterocycles. The Morgan fingerprint density at radius 3 is 2.62 bits per heavy atom. The van der Waals surface area contributed by atoms with E-state index in [1.165, 1.54) is 5.56 Å². The van der Waals surface area contributed by atoms with Gasteiger partial charge in [0, 0.05) is 25.0 Å². The van der Waals surface area contributed by atoms with Gasteiger partial charge in [-0.25, -0.2) is 0 Å². The summed E-state index contributed by atoms with van der Waals surface area (Å²) in [7, 11) is 1.86. The molecule has 1 atom stereocenters. The van der Waals surface area contributed by atoms with Gasteiger partial charge in [0.15, 0.2) is 0 Å². The minimum atomic E-state index is -0.0613. The number of para-hydroxylation sites is 1. The first kappa shape index (κ1) is 13.7. The molecule has 0 fully saturated rings. The third-order valence-corrected chi connectivity index (χ3v) is 4.13. The highest BCUT2D eigenvalue weighted by atomic mass is 16.2. The molecule has 1 unspecified atom stereocenters. The molecule has 0 saturated heterocycles. The Labute approximate surface area is 125 Å². The first-order valence-electron chi connectivity index (χ1n) is 7.34. The summed E-state index contributed by atoms with van der Waals surface area (Å²) in [5.41, 5.74) is 4.33. The van der Waals surface area contributed by atoms with Crippen LogP contribution in [0, 0.1) is 6.92 Å². The van der Waals surface area contributed by atoms with Crippen LogP contribution in [0.15, 0.2) is 48.5 Å². The maximum Gasteiger partial charge on any atom is 0.234 e.